The molecule has 0 fully saturated rings. The first-order valence-corrected chi connectivity index (χ1v) is 6.00. The van der Waals surface area contributed by atoms with Gasteiger partial charge in [0.25, 0.3) is 5.91 Å². The molecule has 0 unspecified atom stereocenters. The molecule has 1 aromatic carbocycles. The number of aliphatic carboxylic acids is 1. The molecule has 0 aliphatic heterocycles. The van der Waals surface area contributed by atoms with E-state index in [1.807, 2.05) is 0 Å². The van der Waals surface area contributed by atoms with E-state index in [9.17, 15) is 9.59 Å². The van der Waals surface area contributed by atoms with Gasteiger partial charge in [-0.3, -0.25) is 14.5 Å². The van der Waals surface area contributed by atoms with Crippen LogP contribution in [-0.2, 0) is 4.79 Å². The molecule has 1 amide bonds. The van der Waals surface area contributed by atoms with Crippen molar-refractivity contribution in [2.75, 3.05) is 11.4 Å². The zero-order chi connectivity index (χ0) is 14.5. The van der Waals surface area contributed by atoms with E-state index in [4.69, 9.17) is 16.7 Å². The van der Waals surface area contributed by atoms with E-state index < -0.39 is 18.4 Å². The zero-order valence-electron chi connectivity index (χ0n) is 10.2. The second-order valence-corrected chi connectivity index (χ2v) is 4.33. The van der Waals surface area contributed by atoms with Gasteiger partial charge in [0.05, 0.1) is 5.56 Å². The monoisotopic (exact) mass is 291 g/mol. The number of halogens is 1. The molecule has 0 saturated carbocycles. The predicted octanol–water partition coefficient (Wildman–Crippen LogP) is 1.86. The molecular formula is C13H10ClN3O3. The number of carbonyl (C=O) groups excluding carboxylic acids is 1. The Labute approximate surface area is 119 Å². The van der Waals surface area contributed by atoms with Crippen molar-refractivity contribution in [3.63, 3.8) is 0 Å². The molecule has 7 heteroatoms. The quantitative estimate of drug-likeness (QED) is 0.929. The number of carbonyl (C=O) groups is 2. The van der Waals surface area contributed by atoms with Gasteiger partial charge < -0.3 is 5.11 Å². The summed E-state index contributed by atoms with van der Waals surface area (Å²) in [6.07, 6.45) is 3.96. The van der Waals surface area contributed by atoms with E-state index in [1.165, 1.54) is 18.7 Å². The van der Waals surface area contributed by atoms with Gasteiger partial charge in [0.1, 0.15) is 12.9 Å². The number of rotatable bonds is 4. The van der Waals surface area contributed by atoms with Crippen molar-refractivity contribution in [1.82, 2.24) is 9.97 Å². The third-order valence-electron chi connectivity index (χ3n) is 2.48. The van der Waals surface area contributed by atoms with Crippen LogP contribution >= 0.6 is 11.6 Å². The van der Waals surface area contributed by atoms with E-state index in [2.05, 4.69) is 9.97 Å². The van der Waals surface area contributed by atoms with Gasteiger partial charge in [0.15, 0.2) is 0 Å². The first kappa shape index (κ1) is 14.0. The third kappa shape index (κ3) is 3.30. The summed E-state index contributed by atoms with van der Waals surface area (Å²) in [6.45, 7) is -0.463. The van der Waals surface area contributed by atoms with E-state index >= 15 is 0 Å². The topological polar surface area (TPSA) is 83.4 Å². The Morgan fingerprint density at radius 1 is 1.15 bits per heavy atom. The summed E-state index contributed by atoms with van der Waals surface area (Å²) in [4.78, 5) is 31.9. The fourth-order valence-corrected chi connectivity index (χ4v) is 1.73. The van der Waals surface area contributed by atoms with Crippen molar-refractivity contribution in [2.24, 2.45) is 0 Å². The molecule has 6 nitrogen and oxygen atoms in total. The lowest BCUT2D eigenvalue weighted by Gasteiger charge is -2.20. The molecule has 2 rings (SSSR count). The van der Waals surface area contributed by atoms with Crippen molar-refractivity contribution in [3.8, 4) is 0 Å². The first-order valence-electron chi connectivity index (χ1n) is 5.62. The van der Waals surface area contributed by atoms with Gasteiger partial charge in [0, 0.05) is 23.1 Å². The molecule has 1 aromatic heterocycles. The van der Waals surface area contributed by atoms with E-state index in [1.54, 1.807) is 24.3 Å². The highest BCUT2D eigenvalue weighted by molar-refractivity contribution is 6.30. The van der Waals surface area contributed by atoms with E-state index in [-0.39, 0.29) is 5.56 Å². The lowest BCUT2D eigenvalue weighted by atomic mass is 10.2. The Hall–Kier alpha value is -2.47. The average Bonchev–Trinajstić information content (AvgIpc) is 2.46. The smallest absolute Gasteiger partial charge is 0.323 e. The molecule has 0 bridgehead atoms. The maximum atomic E-state index is 12.3. The van der Waals surface area contributed by atoms with Crippen LogP contribution in [-0.4, -0.2) is 33.5 Å². The fourth-order valence-electron chi connectivity index (χ4n) is 1.60. The second-order valence-electron chi connectivity index (χ2n) is 3.89. The number of carboxylic acids is 1. The van der Waals surface area contributed by atoms with Gasteiger partial charge in [0.2, 0.25) is 0 Å². The summed E-state index contributed by atoms with van der Waals surface area (Å²) in [7, 11) is 0. The van der Waals surface area contributed by atoms with Crippen LogP contribution in [0.1, 0.15) is 10.4 Å². The summed E-state index contributed by atoms with van der Waals surface area (Å²) in [5, 5.41) is 9.44. The van der Waals surface area contributed by atoms with Gasteiger partial charge in [-0.25, -0.2) is 9.97 Å². The Bertz CT molecular complexity index is 617. The Balaban J connectivity index is 2.35. The molecule has 0 atom stereocenters. The molecule has 102 valence electrons. The highest BCUT2D eigenvalue weighted by atomic mass is 35.5. The van der Waals surface area contributed by atoms with Gasteiger partial charge in [-0.05, 0) is 24.3 Å². The molecule has 0 aliphatic rings. The van der Waals surface area contributed by atoms with Crippen molar-refractivity contribution in [1.29, 1.82) is 0 Å². The minimum absolute atomic E-state index is 0.212. The maximum Gasteiger partial charge on any atom is 0.323 e. The van der Waals surface area contributed by atoms with Crippen LogP contribution in [0.15, 0.2) is 43.0 Å². The van der Waals surface area contributed by atoms with Crippen LogP contribution in [0.25, 0.3) is 0 Å². The van der Waals surface area contributed by atoms with Gasteiger partial charge in [-0.2, -0.15) is 0 Å². The van der Waals surface area contributed by atoms with E-state index in [0.29, 0.717) is 10.7 Å². The maximum absolute atomic E-state index is 12.3. The van der Waals surface area contributed by atoms with Crippen LogP contribution in [0.2, 0.25) is 5.02 Å². The molecule has 0 spiro atoms. The third-order valence-corrected chi connectivity index (χ3v) is 2.74. The Kier molecular flexibility index (Phi) is 4.27. The van der Waals surface area contributed by atoms with Gasteiger partial charge in [-0.15, -0.1) is 0 Å². The van der Waals surface area contributed by atoms with Crippen LogP contribution in [0.3, 0.4) is 0 Å². The highest BCUT2D eigenvalue weighted by Gasteiger charge is 2.20. The number of carboxylic acid groups (broad SMARTS) is 1. The zero-order valence-corrected chi connectivity index (χ0v) is 11.0. The lowest BCUT2D eigenvalue weighted by Crippen LogP contribution is -2.35. The summed E-state index contributed by atoms with van der Waals surface area (Å²) in [6, 6.07) is 6.32. The molecular weight excluding hydrogens is 282 g/mol. The minimum Gasteiger partial charge on any atom is -0.480 e. The van der Waals surface area contributed by atoms with Crippen LogP contribution < -0.4 is 4.90 Å². The molecule has 0 aliphatic carbocycles. The second kappa shape index (κ2) is 6.12. The van der Waals surface area contributed by atoms with Crippen LogP contribution in [0.5, 0.6) is 0 Å². The molecule has 0 radical (unpaired) electrons. The number of amides is 1. The Morgan fingerprint density at radius 3 is 2.30 bits per heavy atom. The lowest BCUT2D eigenvalue weighted by molar-refractivity contribution is -0.135. The molecule has 0 saturated heterocycles. The number of hydrogen-bond donors (Lipinski definition) is 1. The summed E-state index contributed by atoms with van der Waals surface area (Å²) in [5.41, 5.74) is 0.648. The van der Waals surface area contributed by atoms with Gasteiger partial charge in [-0.1, -0.05) is 11.6 Å². The first-order chi connectivity index (χ1) is 9.58. The number of benzene rings is 1. The van der Waals surface area contributed by atoms with Crippen LogP contribution in [0, 0.1) is 0 Å². The SMILES string of the molecule is O=C(O)CN(C(=O)c1cncnc1)c1ccc(Cl)cc1. The number of nitrogens with zero attached hydrogens (tertiary/aromatic N) is 3. The van der Waals surface area contributed by atoms with Crippen molar-refractivity contribution in [3.05, 3.63) is 53.6 Å². The molecule has 2 aromatic rings. The molecule has 20 heavy (non-hydrogen) atoms. The largest absolute Gasteiger partial charge is 0.480 e. The predicted molar refractivity (Wildman–Crippen MR) is 72.8 cm³/mol. The molecule has 1 N–H and O–H groups in total. The number of aromatic nitrogens is 2. The standard InChI is InChI=1S/C13H10ClN3O3/c14-10-1-3-11(4-2-10)17(7-12(18)19)13(20)9-5-15-8-16-6-9/h1-6,8H,7H2,(H,18,19). The van der Waals surface area contributed by atoms with Crippen LogP contribution in [0.4, 0.5) is 5.69 Å². The molecule has 1 heterocycles. The normalized spacial score (nSPS) is 10.1. The van der Waals surface area contributed by atoms with Crippen molar-refractivity contribution >= 4 is 29.2 Å². The summed E-state index contributed by atoms with van der Waals surface area (Å²) < 4.78 is 0. The summed E-state index contributed by atoms with van der Waals surface area (Å²) in [5.74, 6) is -1.61. The summed E-state index contributed by atoms with van der Waals surface area (Å²) >= 11 is 5.78. The highest BCUT2D eigenvalue weighted by Crippen LogP contribution is 2.19. The number of hydrogen-bond acceptors (Lipinski definition) is 4. The minimum atomic E-state index is -1.12. The van der Waals surface area contributed by atoms with Crippen molar-refractivity contribution in [2.45, 2.75) is 0 Å². The fraction of sp³-hybridized carbons (Fsp3) is 0.0769. The van der Waals surface area contributed by atoms with Crippen molar-refractivity contribution < 1.29 is 14.7 Å². The average molecular weight is 292 g/mol. The van der Waals surface area contributed by atoms with Gasteiger partial charge >= 0.3 is 5.97 Å². The number of anilines is 1. The van der Waals surface area contributed by atoms with E-state index in [0.717, 1.165) is 4.90 Å². The Morgan fingerprint density at radius 2 is 1.75 bits per heavy atom.